The quantitative estimate of drug-likeness (QED) is 0.864. The number of amides is 2. The molecule has 1 fully saturated rings. The Kier molecular flexibility index (Phi) is 6.21. The maximum Gasteiger partial charge on any atom is 0.244 e. The summed E-state index contributed by atoms with van der Waals surface area (Å²) >= 11 is 5.79. The van der Waals surface area contributed by atoms with Crippen molar-refractivity contribution in [3.63, 3.8) is 0 Å². The Labute approximate surface area is 140 Å². The number of piperidine rings is 1. The molecule has 2 amide bonds. The van der Waals surface area contributed by atoms with E-state index in [9.17, 15) is 14.0 Å². The van der Waals surface area contributed by atoms with E-state index in [-0.39, 0.29) is 24.0 Å². The summed E-state index contributed by atoms with van der Waals surface area (Å²) in [5, 5.41) is 5.69. The van der Waals surface area contributed by atoms with Gasteiger partial charge in [0, 0.05) is 18.1 Å². The number of hydrogen-bond acceptors (Lipinski definition) is 3. The second-order valence-corrected chi connectivity index (χ2v) is 6.09. The first kappa shape index (κ1) is 17.5. The van der Waals surface area contributed by atoms with Crippen molar-refractivity contribution >= 4 is 29.1 Å². The molecule has 0 aromatic heterocycles. The Hall–Kier alpha value is -1.82. The highest BCUT2D eigenvalue weighted by molar-refractivity contribution is 6.30. The summed E-state index contributed by atoms with van der Waals surface area (Å²) in [5.74, 6) is -0.936. The van der Waals surface area contributed by atoms with Gasteiger partial charge >= 0.3 is 0 Å². The molecule has 0 unspecified atom stereocenters. The summed E-state index contributed by atoms with van der Waals surface area (Å²) in [6.45, 7) is 3.01. The van der Waals surface area contributed by atoms with Crippen molar-refractivity contribution in [3.8, 4) is 0 Å². The molecule has 1 atom stereocenters. The van der Waals surface area contributed by atoms with Crippen molar-refractivity contribution < 1.29 is 14.0 Å². The van der Waals surface area contributed by atoms with Crippen LogP contribution in [0.25, 0.3) is 0 Å². The minimum absolute atomic E-state index is 0.0769. The number of carbonyl (C=O) groups is 2. The summed E-state index contributed by atoms with van der Waals surface area (Å²) in [5.41, 5.74) is 0.155. The van der Waals surface area contributed by atoms with Gasteiger partial charge in [0.05, 0.1) is 12.2 Å². The molecule has 1 aliphatic rings. The van der Waals surface area contributed by atoms with E-state index in [0.717, 1.165) is 32.4 Å². The second kappa shape index (κ2) is 8.15. The summed E-state index contributed by atoms with van der Waals surface area (Å²) in [7, 11) is 0. The number of benzene rings is 1. The van der Waals surface area contributed by atoms with Gasteiger partial charge in [-0.1, -0.05) is 11.6 Å². The van der Waals surface area contributed by atoms with Crippen LogP contribution < -0.4 is 10.6 Å². The van der Waals surface area contributed by atoms with Crippen molar-refractivity contribution in [1.82, 2.24) is 10.2 Å². The molecule has 0 bridgehead atoms. The Bertz CT molecular complexity index is 576. The van der Waals surface area contributed by atoms with Gasteiger partial charge in [-0.2, -0.15) is 0 Å². The third-order valence-electron chi connectivity index (χ3n) is 3.78. The monoisotopic (exact) mass is 341 g/mol. The number of hydrogen-bond donors (Lipinski definition) is 2. The largest absolute Gasteiger partial charge is 0.374 e. The third-order valence-corrected chi connectivity index (χ3v) is 4.02. The van der Waals surface area contributed by atoms with Gasteiger partial charge in [0.25, 0.3) is 0 Å². The van der Waals surface area contributed by atoms with Crippen molar-refractivity contribution in [2.75, 3.05) is 25.0 Å². The van der Waals surface area contributed by atoms with Crippen molar-refractivity contribution in [1.29, 1.82) is 0 Å². The maximum atomic E-state index is 13.5. The van der Waals surface area contributed by atoms with Gasteiger partial charge in [-0.25, -0.2) is 4.39 Å². The molecule has 7 heteroatoms. The lowest BCUT2D eigenvalue weighted by Gasteiger charge is -2.29. The summed E-state index contributed by atoms with van der Waals surface area (Å²) in [6, 6.07) is 3.48. The zero-order valence-electron chi connectivity index (χ0n) is 13.1. The number of carbonyl (C=O) groups excluding carboxylic acids is 2. The third kappa shape index (κ3) is 5.10. The molecule has 0 spiro atoms. The average molecular weight is 342 g/mol. The van der Waals surface area contributed by atoms with Crippen LogP contribution in [0.5, 0.6) is 0 Å². The summed E-state index contributed by atoms with van der Waals surface area (Å²) in [6.07, 6.45) is 3.14. The first-order valence-corrected chi connectivity index (χ1v) is 8.12. The molecule has 1 heterocycles. The number of likely N-dealkylation sites (tertiary alicyclic amines) is 1. The summed E-state index contributed by atoms with van der Waals surface area (Å²) < 4.78 is 13.5. The van der Waals surface area contributed by atoms with E-state index < -0.39 is 11.9 Å². The van der Waals surface area contributed by atoms with Gasteiger partial charge in [-0.05, 0) is 44.4 Å². The van der Waals surface area contributed by atoms with Crippen LogP contribution in [0.1, 0.15) is 26.2 Å². The van der Waals surface area contributed by atoms with E-state index in [1.807, 2.05) is 0 Å². The first-order chi connectivity index (χ1) is 11.0. The van der Waals surface area contributed by atoms with Gasteiger partial charge in [-0.15, -0.1) is 0 Å². The SMILES string of the molecule is C[C@H](NC(=O)CNc1cc(Cl)ccc1F)C(=O)N1CCCCC1. The standard InChI is InChI=1S/C16H21ClFN3O2/c1-11(16(23)21-7-3-2-4-8-21)20-15(22)10-19-14-9-12(17)5-6-13(14)18/h5-6,9,11,19H,2-4,7-8,10H2,1H3,(H,20,22)/t11-/m0/s1. The number of halogens is 2. The van der Waals surface area contributed by atoms with E-state index in [1.54, 1.807) is 11.8 Å². The fourth-order valence-electron chi connectivity index (χ4n) is 2.55. The van der Waals surface area contributed by atoms with E-state index in [2.05, 4.69) is 10.6 Å². The van der Waals surface area contributed by atoms with Crippen LogP contribution in [0.15, 0.2) is 18.2 Å². The molecule has 0 aliphatic carbocycles. The molecule has 0 saturated carbocycles. The highest BCUT2D eigenvalue weighted by Crippen LogP contribution is 2.19. The molecular formula is C16H21ClFN3O2. The van der Waals surface area contributed by atoms with Crippen LogP contribution in [0.3, 0.4) is 0 Å². The van der Waals surface area contributed by atoms with Gasteiger partial charge < -0.3 is 15.5 Å². The predicted octanol–water partition coefficient (Wildman–Crippen LogP) is 2.41. The Balaban J connectivity index is 1.81. The zero-order chi connectivity index (χ0) is 16.8. The molecule has 1 aromatic carbocycles. The van der Waals surface area contributed by atoms with Crippen LogP contribution in [0.4, 0.5) is 10.1 Å². The van der Waals surface area contributed by atoms with Crippen LogP contribution in [0, 0.1) is 5.82 Å². The second-order valence-electron chi connectivity index (χ2n) is 5.65. The lowest BCUT2D eigenvalue weighted by Crippen LogP contribution is -2.49. The average Bonchev–Trinajstić information content (AvgIpc) is 2.55. The lowest BCUT2D eigenvalue weighted by atomic mass is 10.1. The van der Waals surface area contributed by atoms with Gasteiger partial charge in [0.15, 0.2) is 0 Å². The van der Waals surface area contributed by atoms with Crippen LogP contribution in [0.2, 0.25) is 5.02 Å². The maximum absolute atomic E-state index is 13.5. The molecule has 126 valence electrons. The first-order valence-electron chi connectivity index (χ1n) is 7.74. The van der Waals surface area contributed by atoms with E-state index in [0.29, 0.717) is 5.02 Å². The van der Waals surface area contributed by atoms with Crippen LogP contribution in [-0.2, 0) is 9.59 Å². The number of anilines is 1. The smallest absolute Gasteiger partial charge is 0.244 e. The zero-order valence-corrected chi connectivity index (χ0v) is 13.8. The molecular weight excluding hydrogens is 321 g/mol. The molecule has 1 aliphatic heterocycles. The summed E-state index contributed by atoms with van der Waals surface area (Å²) in [4.78, 5) is 25.9. The molecule has 5 nitrogen and oxygen atoms in total. The number of nitrogens with one attached hydrogen (secondary N) is 2. The van der Waals surface area contributed by atoms with Gasteiger partial charge in [-0.3, -0.25) is 9.59 Å². The predicted molar refractivity (Wildman–Crippen MR) is 87.9 cm³/mol. The molecule has 2 rings (SSSR count). The highest BCUT2D eigenvalue weighted by Gasteiger charge is 2.23. The fraction of sp³-hybridized carbons (Fsp3) is 0.500. The minimum atomic E-state index is -0.591. The van der Waals surface area contributed by atoms with Crippen LogP contribution in [-0.4, -0.2) is 42.4 Å². The minimum Gasteiger partial charge on any atom is -0.374 e. The topological polar surface area (TPSA) is 61.4 Å². The van der Waals surface area contributed by atoms with Crippen molar-refractivity contribution in [2.45, 2.75) is 32.2 Å². The molecule has 2 N–H and O–H groups in total. The molecule has 1 saturated heterocycles. The highest BCUT2D eigenvalue weighted by atomic mass is 35.5. The Morgan fingerprint density at radius 2 is 2.00 bits per heavy atom. The van der Waals surface area contributed by atoms with Crippen molar-refractivity contribution in [3.05, 3.63) is 29.0 Å². The normalized spacial score (nSPS) is 15.9. The molecule has 0 radical (unpaired) electrons. The Morgan fingerprint density at radius 3 is 2.70 bits per heavy atom. The number of rotatable bonds is 5. The molecule has 1 aromatic rings. The lowest BCUT2D eigenvalue weighted by molar-refractivity contribution is -0.136. The fourth-order valence-corrected chi connectivity index (χ4v) is 2.72. The van der Waals surface area contributed by atoms with E-state index in [1.165, 1.54) is 18.2 Å². The van der Waals surface area contributed by atoms with Gasteiger partial charge in [0.2, 0.25) is 11.8 Å². The Morgan fingerprint density at radius 1 is 1.30 bits per heavy atom. The van der Waals surface area contributed by atoms with E-state index in [4.69, 9.17) is 11.6 Å². The number of nitrogens with zero attached hydrogens (tertiary/aromatic N) is 1. The van der Waals surface area contributed by atoms with Gasteiger partial charge in [0.1, 0.15) is 11.9 Å². The molecule has 23 heavy (non-hydrogen) atoms. The van der Waals surface area contributed by atoms with Crippen molar-refractivity contribution in [2.24, 2.45) is 0 Å². The van der Waals surface area contributed by atoms with Crippen LogP contribution >= 0.6 is 11.6 Å². The van der Waals surface area contributed by atoms with E-state index >= 15 is 0 Å².